The molecule has 0 bridgehead atoms. The molecule has 2 N–H and O–H groups in total. The Labute approximate surface area is 128 Å². The molecule has 0 atom stereocenters. The molecule has 2 aromatic carbocycles. The van der Waals surface area contributed by atoms with E-state index in [1.165, 1.54) is 5.56 Å². The van der Waals surface area contributed by atoms with Crippen LogP contribution < -0.4 is 5.73 Å². The minimum atomic E-state index is 0.354. The third-order valence-corrected chi connectivity index (χ3v) is 3.54. The maximum absolute atomic E-state index is 5.95. The first-order valence-corrected chi connectivity index (χ1v) is 7.08. The molecule has 0 saturated carbocycles. The Balaban J connectivity index is 2.02. The number of nitrogens with two attached hydrogens (primary N) is 1. The molecule has 0 aliphatic carbocycles. The van der Waals surface area contributed by atoms with E-state index in [4.69, 9.17) is 17.3 Å². The Bertz CT molecular complexity index is 720. The number of nitrogens with zero attached hydrogens (tertiary/aromatic N) is 3. The van der Waals surface area contributed by atoms with Gasteiger partial charge in [-0.05, 0) is 17.7 Å². The lowest BCUT2D eigenvalue weighted by molar-refractivity contribution is 0.655. The quantitative estimate of drug-likeness (QED) is 0.805. The fourth-order valence-corrected chi connectivity index (χ4v) is 2.40. The highest BCUT2D eigenvalue weighted by molar-refractivity contribution is 6.30. The van der Waals surface area contributed by atoms with E-state index in [1.807, 2.05) is 47.1 Å². The van der Waals surface area contributed by atoms with Crippen LogP contribution in [0, 0.1) is 0 Å². The van der Waals surface area contributed by atoms with Gasteiger partial charge in [-0.1, -0.05) is 59.3 Å². The number of halogens is 1. The lowest BCUT2D eigenvalue weighted by atomic mass is 10.1. The zero-order chi connectivity index (χ0) is 14.7. The summed E-state index contributed by atoms with van der Waals surface area (Å²) in [5, 5.41) is 9.12. The number of aromatic nitrogens is 3. The van der Waals surface area contributed by atoms with Crippen LogP contribution in [0.2, 0.25) is 5.02 Å². The summed E-state index contributed by atoms with van der Waals surface area (Å²) in [6, 6.07) is 17.8. The second kappa shape index (κ2) is 6.08. The van der Waals surface area contributed by atoms with Crippen LogP contribution >= 0.6 is 11.6 Å². The average molecular weight is 299 g/mol. The Hall–Kier alpha value is -2.17. The largest absolute Gasteiger partial charge is 0.325 e. The van der Waals surface area contributed by atoms with Crippen LogP contribution in [-0.2, 0) is 13.1 Å². The van der Waals surface area contributed by atoms with Gasteiger partial charge in [0.05, 0.1) is 12.2 Å². The van der Waals surface area contributed by atoms with Gasteiger partial charge in [0.2, 0.25) is 0 Å². The highest BCUT2D eigenvalue weighted by Crippen LogP contribution is 2.24. The molecule has 106 valence electrons. The van der Waals surface area contributed by atoms with E-state index in [1.54, 1.807) is 0 Å². The third kappa shape index (κ3) is 2.96. The summed E-state index contributed by atoms with van der Waals surface area (Å²) >= 11 is 5.95. The molecule has 0 radical (unpaired) electrons. The fraction of sp³-hybridized carbons (Fsp3) is 0.125. The molecule has 1 heterocycles. The van der Waals surface area contributed by atoms with Crippen LogP contribution in [0.4, 0.5) is 0 Å². The van der Waals surface area contributed by atoms with Crippen molar-refractivity contribution < 1.29 is 0 Å². The van der Waals surface area contributed by atoms with E-state index in [9.17, 15) is 0 Å². The van der Waals surface area contributed by atoms with Crippen molar-refractivity contribution in [2.75, 3.05) is 0 Å². The smallest absolute Gasteiger partial charge is 0.104 e. The summed E-state index contributed by atoms with van der Waals surface area (Å²) in [7, 11) is 0. The van der Waals surface area contributed by atoms with Gasteiger partial charge in [0, 0.05) is 17.1 Å². The molecule has 1 aromatic heterocycles. The highest BCUT2D eigenvalue weighted by atomic mass is 35.5. The summed E-state index contributed by atoms with van der Waals surface area (Å²) in [4.78, 5) is 0. The van der Waals surface area contributed by atoms with E-state index < -0.39 is 0 Å². The van der Waals surface area contributed by atoms with Crippen molar-refractivity contribution in [2.24, 2.45) is 5.73 Å². The Morgan fingerprint density at radius 3 is 2.38 bits per heavy atom. The van der Waals surface area contributed by atoms with Crippen LogP contribution in [-0.4, -0.2) is 15.0 Å². The number of rotatable bonds is 4. The number of hydrogen-bond donors (Lipinski definition) is 1. The maximum atomic E-state index is 5.95. The summed E-state index contributed by atoms with van der Waals surface area (Å²) in [6.07, 6.45) is 0. The fourth-order valence-electron chi connectivity index (χ4n) is 2.28. The summed E-state index contributed by atoms with van der Waals surface area (Å²) in [5.41, 5.74) is 9.69. The first-order valence-electron chi connectivity index (χ1n) is 6.70. The van der Waals surface area contributed by atoms with E-state index in [-0.39, 0.29) is 0 Å². The molecule has 4 nitrogen and oxygen atoms in total. The first kappa shape index (κ1) is 13.8. The van der Waals surface area contributed by atoms with E-state index in [0.717, 1.165) is 17.0 Å². The summed E-state index contributed by atoms with van der Waals surface area (Å²) in [6.45, 7) is 1.01. The predicted molar refractivity (Wildman–Crippen MR) is 83.9 cm³/mol. The minimum absolute atomic E-state index is 0.354. The van der Waals surface area contributed by atoms with Crippen molar-refractivity contribution in [3.05, 3.63) is 70.9 Å². The molecule has 0 unspecified atom stereocenters. The molecule has 0 aliphatic rings. The van der Waals surface area contributed by atoms with Crippen LogP contribution in [0.15, 0.2) is 54.6 Å². The van der Waals surface area contributed by atoms with Gasteiger partial charge < -0.3 is 5.73 Å². The monoisotopic (exact) mass is 298 g/mol. The SMILES string of the molecule is NCc1nnn(Cc2ccccc2)c1-c1ccc(Cl)cc1. The lowest BCUT2D eigenvalue weighted by Gasteiger charge is -2.08. The number of benzene rings is 2. The van der Waals surface area contributed by atoms with Crippen LogP contribution in [0.5, 0.6) is 0 Å². The molecular weight excluding hydrogens is 284 g/mol. The maximum Gasteiger partial charge on any atom is 0.104 e. The first-order chi connectivity index (χ1) is 10.3. The molecule has 3 aromatic rings. The van der Waals surface area contributed by atoms with Crippen LogP contribution in [0.25, 0.3) is 11.3 Å². The van der Waals surface area contributed by atoms with Crippen LogP contribution in [0.1, 0.15) is 11.3 Å². The van der Waals surface area contributed by atoms with E-state index >= 15 is 0 Å². The van der Waals surface area contributed by atoms with Crippen molar-refractivity contribution in [1.29, 1.82) is 0 Å². The van der Waals surface area contributed by atoms with Gasteiger partial charge in [0.15, 0.2) is 0 Å². The standard InChI is InChI=1S/C16H15ClN4/c17-14-8-6-13(7-9-14)16-15(10-18)19-20-21(16)11-12-4-2-1-3-5-12/h1-9H,10-11,18H2. The zero-order valence-electron chi connectivity index (χ0n) is 11.4. The summed E-state index contributed by atoms with van der Waals surface area (Å²) < 4.78 is 1.88. The molecule has 21 heavy (non-hydrogen) atoms. The van der Waals surface area contributed by atoms with Crippen molar-refractivity contribution >= 4 is 11.6 Å². The molecule has 3 rings (SSSR count). The van der Waals surface area contributed by atoms with Crippen molar-refractivity contribution in [3.8, 4) is 11.3 Å². The van der Waals surface area contributed by atoms with Crippen molar-refractivity contribution in [3.63, 3.8) is 0 Å². The van der Waals surface area contributed by atoms with Gasteiger partial charge in [0.25, 0.3) is 0 Å². The van der Waals surface area contributed by atoms with Crippen molar-refractivity contribution in [2.45, 2.75) is 13.1 Å². The molecule has 0 aliphatic heterocycles. The van der Waals surface area contributed by atoms with Gasteiger partial charge in [0.1, 0.15) is 5.69 Å². The molecule has 0 saturated heterocycles. The average Bonchev–Trinajstić information content (AvgIpc) is 2.92. The van der Waals surface area contributed by atoms with Gasteiger partial charge in [-0.15, -0.1) is 5.10 Å². The van der Waals surface area contributed by atoms with E-state index in [0.29, 0.717) is 18.1 Å². The Kier molecular flexibility index (Phi) is 3.99. The minimum Gasteiger partial charge on any atom is -0.325 e. The molecule has 5 heteroatoms. The van der Waals surface area contributed by atoms with Crippen molar-refractivity contribution in [1.82, 2.24) is 15.0 Å². The van der Waals surface area contributed by atoms with Gasteiger partial charge in [-0.2, -0.15) is 0 Å². The predicted octanol–water partition coefficient (Wildman–Crippen LogP) is 3.11. The molecular formula is C16H15ClN4. The van der Waals surface area contributed by atoms with Gasteiger partial charge in [-0.3, -0.25) is 0 Å². The molecule has 0 spiro atoms. The molecule has 0 fully saturated rings. The second-order valence-corrected chi connectivity index (χ2v) is 5.18. The molecule has 0 amide bonds. The van der Waals surface area contributed by atoms with Gasteiger partial charge in [-0.25, -0.2) is 4.68 Å². The third-order valence-electron chi connectivity index (χ3n) is 3.29. The highest BCUT2D eigenvalue weighted by Gasteiger charge is 2.14. The van der Waals surface area contributed by atoms with E-state index in [2.05, 4.69) is 22.4 Å². The Morgan fingerprint density at radius 2 is 1.71 bits per heavy atom. The topological polar surface area (TPSA) is 56.7 Å². The van der Waals surface area contributed by atoms with Crippen LogP contribution in [0.3, 0.4) is 0 Å². The lowest BCUT2D eigenvalue weighted by Crippen LogP contribution is -2.05. The second-order valence-electron chi connectivity index (χ2n) is 4.74. The normalized spacial score (nSPS) is 10.8. The zero-order valence-corrected chi connectivity index (χ0v) is 12.2. The number of hydrogen-bond acceptors (Lipinski definition) is 3. The Morgan fingerprint density at radius 1 is 1.00 bits per heavy atom. The summed E-state index contributed by atoms with van der Waals surface area (Å²) in [5.74, 6) is 0. The van der Waals surface area contributed by atoms with Gasteiger partial charge >= 0.3 is 0 Å².